The molecule has 1 aromatic rings. The predicted octanol–water partition coefficient (Wildman–Crippen LogP) is 0.901. The molecule has 1 heterocycles. The molecule has 1 unspecified atom stereocenters. The van der Waals surface area contributed by atoms with E-state index in [0.717, 1.165) is 13.1 Å². The maximum atomic E-state index is 10.3. The molecule has 2 rings (SSSR count). The lowest BCUT2D eigenvalue weighted by molar-refractivity contribution is -0.931. The van der Waals surface area contributed by atoms with Crippen LogP contribution in [-0.2, 0) is 0 Å². The van der Waals surface area contributed by atoms with E-state index >= 15 is 0 Å². The van der Waals surface area contributed by atoms with Crippen molar-refractivity contribution in [1.29, 1.82) is 0 Å². The Balaban J connectivity index is 1.92. The maximum absolute atomic E-state index is 10.3. The lowest BCUT2D eigenvalue weighted by Crippen LogP contribution is -3.17. The largest absolute Gasteiger partial charge is 0.493 e. The van der Waals surface area contributed by atoms with Gasteiger partial charge >= 0.3 is 0 Å². The van der Waals surface area contributed by atoms with Crippen molar-refractivity contribution in [2.24, 2.45) is 0 Å². The standard InChI is InChI=1S/C17H27NO4/c1-13-7-4-5-10-18(13)11-14(19)12-22-17-15(20-2)8-6-9-16(17)21-3/h6,8-9,13-14,19H,4-5,7,10-12H2,1-3H3/p+1/t13-,14-/m0/s1. The summed E-state index contributed by atoms with van der Waals surface area (Å²) in [5.74, 6) is 1.78. The molecule has 1 fully saturated rings. The first-order chi connectivity index (χ1) is 10.7. The summed E-state index contributed by atoms with van der Waals surface area (Å²) >= 11 is 0. The molecule has 1 aromatic carbocycles. The highest BCUT2D eigenvalue weighted by Crippen LogP contribution is 2.36. The SMILES string of the molecule is COc1cccc(OC)c1OC[C@@H](O)C[NH+]1CCCC[C@@H]1C. The molecule has 0 radical (unpaired) electrons. The summed E-state index contributed by atoms with van der Waals surface area (Å²) in [5, 5.41) is 10.3. The van der Waals surface area contributed by atoms with Crippen LogP contribution in [0.5, 0.6) is 17.2 Å². The molecule has 0 bridgehead atoms. The van der Waals surface area contributed by atoms with E-state index in [1.54, 1.807) is 14.2 Å². The van der Waals surface area contributed by atoms with Crippen molar-refractivity contribution in [3.05, 3.63) is 18.2 Å². The summed E-state index contributed by atoms with van der Waals surface area (Å²) in [6.45, 7) is 4.35. The second-order valence-corrected chi connectivity index (χ2v) is 5.97. The molecular formula is C17H28NO4+. The Morgan fingerprint density at radius 3 is 2.50 bits per heavy atom. The molecule has 0 spiro atoms. The van der Waals surface area contributed by atoms with Crippen LogP contribution in [0.3, 0.4) is 0 Å². The number of likely N-dealkylation sites (tertiary alicyclic amines) is 1. The number of hydrogen-bond acceptors (Lipinski definition) is 4. The number of para-hydroxylation sites is 1. The normalized spacial score (nSPS) is 22.9. The van der Waals surface area contributed by atoms with Crippen molar-refractivity contribution in [3.63, 3.8) is 0 Å². The Hall–Kier alpha value is -1.46. The maximum Gasteiger partial charge on any atom is 0.203 e. The lowest BCUT2D eigenvalue weighted by Gasteiger charge is -2.31. The zero-order valence-corrected chi connectivity index (χ0v) is 13.8. The van der Waals surface area contributed by atoms with Crippen LogP contribution in [0, 0.1) is 0 Å². The van der Waals surface area contributed by atoms with Gasteiger partial charge in [0.05, 0.1) is 26.8 Å². The van der Waals surface area contributed by atoms with Gasteiger partial charge < -0.3 is 24.2 Å². The molecule has 0 aromatic heterocycles. The smallest absolute Gasteiger partial charge is 0.203 e. The van der Waals surface area contributed by atoms with E-state index in [1.807, 2.05) is 18.2 Å². The van der Waals surface area contributed by atoms with Gasteiger partial charge in [-0.25, -0.2) is 0 Å². The van der Waals surface area contributed by atoms with E-state index in [1.165, 1.54) is 24.2 Å². The molecule has 0 amide bonds. The minimum absolute atomic E-state index is 0.243. The molecule has 0 aliphatic carbocycles. The minimum atomic E-state index is -0.495. The third-order valence-corrected chi connectivity index (χ3v) is 4.38. The lowest BCUT2D eigenvalue weighted by atomic mass is 10.0. The third-order valence-electron chi connectivity index (χ3n) is 4.38. The van der Waals surface area contributed by atoms with Crippen molar-refractivity contribution in [2.45, 2.75) is 38.3 Å². The minimum Gasteiger partial charge on any atom is -0.493 e. The van der Waals surface area contributed by atoms with Crippen LogP contribution in [0.2, 0.25) is 0 Å². The zero-order valence-electron chi connectivity index (χ0n) is 13.8. The average Bonchev–Trinajstić information content (AvgIpc) is 2.54. The highest BCUT2D eigenvalue weighted by molar-refractivity contribution is 5.51. The molecule has 1 aliphatic heterocycles. The van der Waals surface area contributed by atoms with E-state index in [-0.39, 0.29) is 6.61 Å². The quantitative estimate of drug-likeness (QED) is 0.786. The molecule has 1 saturated heterocycles. The van der Waals surface area contributed by atoms with Crippen LogP contribution >= 0.6 is 0 Å². The van der Waals surface area contributed by atoms with Crippen LogP contribution in [-0.4, -0.2) is 51.2 Å². The summed E-state index contributed by atoms with van der Waals surface area (Å²) in [6, 6.07) is 6.11. The number of aliphatic hydroxyl groups is 1. The molecule has 22 heavy (non-hydrogen) atoms. The fraction of sp³-hybridized carbons (Fsp3) is 0.647. The highest BCUT2D eigenvalue weighted by atomic mass is 16.5. The van der Waals surface area contributed by atoms with Gasteiger partial charge in [-0.05, 0) is 38.3 Å². The van der Waals surface area contributed by atoms with Crippen molar-refractivity contribution >= 4 is 0 Å². The first-order valence-electron chi connectivity index (χ1n) is 8.02. The van der Waals surface area contributed by atoms with E-state index in [9.17, 15) is 5.11 Å². The summed E-state index contributed by atoms with van der Waals surface area (Å²) in [4.78, 5) is 1.47. The van der Waals surface area contributed by atoms with Crippen molar-refractivity contribution < 1.29 is 24.2 Å². The van der Waals surface area contributed by atoms with Gasteiger partial charge in [0.2, 0.25) is 5.75 Å². The van der Waals surface area contributed by atoms with Gasteiger partial charge in [0, 0.05) is 0 Å². The second kappa shape index (κ2) is 8.25. The average molecular weight is 310 g/mol. The van der Waals surface area contributed by atoms with Gasteiger partial charge in [-0.2, -0.15) is 0 Å². The predicted molar refractivity (Wildman–Crippen MR) is 85.1 cm³/mol. The summed E-state index contributed by atoms with van der Waals surface area (Å²) in [7, 11) is 3.19. The molecule has 2 N–H and O–H groups in total. The number of ether oxygens (including phenoxy) is 3. The van der Waals surface area contributed by atoms with Crippen LogP contribution in [0.25, 0.3) is 0 Å². The number of piperidine rings is 1. The van der Waals surface area contributed by atoms with Crippen LogP contribution in [0.15, 0.2) is 18.2 Å². The number of aliphatic hydroxyl groups excluding tert-OH is 1. The Bertz CT molecular complexity index is 444. The molecule has 0 saturated carbocycles. The molecule has 3 atom stereocenters. The van der Waals surface area contributed by atoms with E-state index in [2.05, 4.69) is 6.92 Å². The van der Waals surface area contributed by atoms with Crippen molar-refractivity contribution in [1.82, 2.24) is 0 Å². The van der Waals surface area contributed by atoms with Crippen LogP contribution < -0.4 is 19.1 Å². The Morgan fingerprint density at radius 1 is 1.23 bits per heavy atom. The van der Waals surface area contributed by atoms with Gasteiger partial charge in [-0.1, -0.05) is 6.07 Å². The van der Waals surface area contributed by atoms with Crippen molar-refractivity contribution in [2.75, 3.05) is 33.9 Å². The third kappa shape index (κ3) is 4.27. The van der Waals surface area contributed by atoms with Gasteiger partial charge in [-0.3, -0.25) is 0 Å². The number of benzene rings is 1. The van der Waals surface area contributed by atoms with Crippen LogP contribution in [0.4, 0.5) is 0 Å². The number of hydrogen-bond donors (Lipinski definition) is 2. The molecule has 5 heteroatoms. The topological polar surface area (TPSA) is 52.4 Å². The summed E-state index contributed by atoms with van der Waals surface area (Å²) in [6.07, 6.45) is 3.29. The second-order valence-electron chi connectivity index (χ2n) is 5.97. The van der Waals surface area contributed by atoms with Gasteiger partial charge in [0.1, 0.15) is 19.3 Å². The monoisotopic (exact) mass is 310 g/mol. The molecular weight excluding hydrogens is 282 g/mol. The number of quaternary nitrogens is 1. The number of methoxy groups -OCH3 is 2. The summed E-state index contributed by atoms with van der Waals surface area (Å²) < 4.78 is 16.4. The Labute approximate surface area is 132 Å². The molecule has 124 valence electrons. The fourth-order valence-electron chi connectivity index (χ4n) is 3.06. The van der Waals surface area contributed by atoms with E-state index in [0.29, 0.717) is 23.3 Å². The fourth-order valence-corrected chi connectivity index (χ4v) is 3.06. The number of rotatable bonds is 7. The highest BCUT2D eigenvalue weighted by Gasteiger charge is 2.25. The van der Waals surface area contributed by atoms with E-state index in [4.69, 9.17) is 14.2 Å². The van der Waals surface area contributed by atoms with Gasteiger partial charge in [0.25, 0.3) is 0 Å². The zero-order chi connectivity index (χ0) is 15.9. The molecule has 5 nitrogen and oxygen atoms in total. The van der Waals surface area contributed by atoms with Crippen molar-refractivity contribution in [3.8, 4) is 17.2 Å². The van der Waals surface area contributed by atoms with E-state index < -0.39 is 6.10 Å². The first-order valence-corrected chi connectivity index (χ1v) is 8.02. The Kier molecular flexibility index (Phi) is 6.34. The number of nitrogens with one attached hydrogen (secondary N) is 1. The Morgan fingerprint density at radius 2 is 1.91 bits per heavy atom. The van der Waals surface area contributed by atoms with Gasteiger partial charge in [-0.15, -0.1) is 0 Å². The van der Waals surface area contributed by atoms with Gasteiger partial charge in [0.15, 0.2) is 11.5 Å². The first kappa shape index (κ1) is 16.9. The molecule has 1 aliphatic rings. The van der Waals surface area contributed by atoms with Crippen LogP contribution in [0.1, 0.15) is 26.2 Å². The summed E-state index contributed by atoms with van der Waals surface area (Å²) in [5.41, 5.74) is 0.